The molecule has 1 saturated heterocycles. The van der Waals surface area contributed by atoms with Crippen molar-refractivity contribution in [1.82, 2.24) is 14.8 Å². The van der Waals surface area contributed by atoms with Crippen molar-refractivity contribution in [3.05, 3.63) is 77.0 Å². The van der Waals surface area contributed by atoms with Gasteiger partial charge in [0.05, 0.1) is 11.8 Å². The van der Waals surface area contributed by atoms with Gasteiger partial charge in [0.25, 0.3) is 11.8 Å². The van der Waals surface area contributed by atoms with Crippen molar-refractivity contribution in [1.29, 1.82) is 0 Å². The van der Waals surface area contributed by atoms with E-state index in [4.69, 9.17) is 4.42 Å². The number of aryl methyl sites for hydroxylation is 2. The van der Waals surface area contributed by atoms with Gasteiger partial charge in [-0.25, -0.2) is 0 Å². The molecule has 0 atom stereocenters. The number of nitrogens with one attached hydrogen (secondary N) is 1. The summed E-state index contributed by atoms with van der Waals surface area (Å²) in [7, 11) is 0. The molecule has 2 aromatic heterocycles. The molecule has 30 heavy (non-hydrogen) atoms. The van der Waals surface area contributed by atoms with Gasteiger partial charge in [0.2, 0.25) is 0 Å². The zero-order valence-corrected chi connectivity index (χ0v) is 17.6. The maximum atomic E-state index is 13.0. The molecular weight excluding hydrogens is 378 g/mol. The van der Waals surface area contributed by atoms with E-state index in [1.807, 2.05) is 32.0 Å². The molecule has 3 heterocycles. The summed E-state index contributed by atoms with van der Waals surface area (Å²) in [4.78, 5) is 27.2. The number of likely N-dealkylation sites (tertiary alicyclic amines) is 1. The van der Waals surface area contributed by atoms with Crippen LogP contribution in [0.15, 0.2) is 53.1 Å². The largest absolute Gasteiger partial charge is 0.459 e. The van der Waals surface area contributed by atoms with Crippen LogP contribution < -0.4 is 5.32 Å². The molecule has 1 fully saturated rings. The Morgan fingerprint density at radius 2 is 1.77 bits per heavy atom. The first kappa shape index (κ1) is 20.0. The van der Waals surface area contributed by atoms with Gasteiger partial charge in [-0.3, -0.25) is 9.59 Å². The lowest BCUT2D eigenvalue weighted by molar-refractivity contribution is 0.0667. The third-order valence-electron chi connectivity index (χ3n) is 5.88. The normalized spacial score (nSPS) is 14.7. The Morgan fingerprint density at radius 1 is 1.03 bits per heavy atom. The predicted octanol–water partition coefficient (Wildman–Crippen LogP) is 4.03. The quantitative estimate of drug-likeness (QED) is 0.713. The number of aromatic nitrogens is 1. The molecular formula is C24H27N3O3. The average Bonchev–Trinajstić information content (AvgIpc) is 3.37. The first-order valence-corrected chi connectivity index (χ1v) is 10.3. The van der Waals surface area contributed by atoms with Crippen molar-refractivity contribution in [2.45, 2.75) is 39.7 Å². The summed E-state index contributed by atoms with van der Waals surface area (Å²) in [6.07, 6.45) is 2.97. The highest BCUT2D eigenvalue weighted by Crippen LogP contribution is 2.24. The van der Waals surface area contributed by atoms with Gasteiger partial charge >= 0.3 is 0 Å². The molecule has 6 heteroatoms. The Labute approximate surface area is 176 Å². The molecule has 1 aliphatic heterocycles. The Kier molecular flexibility index (Phi) is 5.48. The summed E-state index contributed by atoms with van der Waals surface area (Å²) in [6, 6.07) is 13.6. The fraction of sp³-hybridized carbons (Fsp3) is 0.333. The van der Waals surface area contributed by atoms with Crippen molar-refractivity contribution in [2.75, 3.05) is 13.1 Å². The van der Waals surface area contributed by atoms with Crippen LogP contribution in [0.5, 0.6) is 0 Å². The van der Waals surface area contributed by atoms with E-state index in [-0.39, 0.29) is 17.9 Å². The monoisotopic (exact) mass is 405 g/mol. The molecule has 2 amide bonds. The van der Waals surface area contributed by atoms with Gasteiger partial charge in [-0.15, -0.1) is 0 Å². The lowest BCUT2D eigenvalue weighted by Gasteiger charge is -2.31. The number of piperidine rings is 1. The van der Waals surface area contributed by atoms with E-state index >= 15 is 0 Å². The molecule has 0 bridgehead atoms. The summed E-state index contributed by atoms with van der Waals surface area (Å²) >= 11 is 0. The number of furan rings is 1. The summed E-state index contributed by atoms with van der Waals surface area (Å²) < 4.78 is 7.34. The van der Waals surface area contributed by atoms with E-state index in [9.17, 15) is 9.59 Å². The molecule has 1 aromatic carbocycles. The number of benzene rings is 1. The van der Waals surface area contributed by atoms with Gasteiger partial charge in [-0.05, 0) is 63.4 Å². The van der Waals surface area contributed by atoms with Crippen LogP contribution in [0.3, 0.4) is 0 Å². The number of carbonyl (C=O) groups excluding carboxylic acids is 2. The van der Waals surface area contributed by atoms with Crippen LogP contribution in [0.4, 0.5) is 0 Å². The molecule has 6 nitrogen and oxygen atoms in total. The van der Waals surface area contributed by atoms with Crippen molar-refractivity contribution in [3.63, 3.8) is 0 Å². The third-order valence-corrected chi connectivity index (χ3v) is 5.88. The minimum Gasteiger partial charge on any atom is -0.459 e. The summed E-state index contributed by atoms with van der Waals surface area (Å²) in [6.45, 7) is 7.29. The van der Waals surface area contributed by atoms with Crippen LogP contribution in [0.25, 0.3) is 5.69 Å². The second-order valence-electron chi connectivity index (χ2n) is 7.92. The molecule has 0 saturated carbocycles. The number of carbonyl (C=O) groups is 2. The number of nitrogens with zero attached hydrogens (tertiary/aromatic N) is 2. The molecule has 3 aromatic rings. The zero-order chi connectivity index (χ0) is 21.3. The Morgan fingerprint density at radius 3 is 2.43 bits per heavy atom. The fourth-order valence-electron chi connectivity index (χ4n) is 4.22. The Balaban J connectivity index is 1.42. The average molecular weight is 405 g/mol. The minimum absolute atomic E-state index is 0.0552. The van der Waals surface area contributed by atoms with E-state index in [0.29, 0.717) is 24.4 Å². The van der Waals surface area contributed by atoms with Crippen LogP contribution in [-0.4, -0.2) is 40.4 Å². The second-order valence-corrected chi connectivity index (χ2v) is 7.92. The van der Waals surface area contributed by atoms with Crippen molar-refractivity contribution in [3.8, 4) is 5.69 Å². The van der Waals surface area contributed by atoms with E-state index in [0.717, 1.165) is 29.9 Å². The highest BCUT2D eigenvalue weighted by atomic mass is 16.3. The van der Waals surface area contributed by atoms with Crippen LogP contribution in [0.1, 0.15) is 50.7 Å². The topological polar surface area (TPSA) is 67.5 Å². The maximum Gasteiger partial charge on any atom is 0.289 e. The number of amides is 2. The van der Waals surface area contributed by atoms with Gasteiger partial charge in [-0.2, -0.15) is 0 Å². The van der Waals surface area contributed by atoms with Crippen LogP contribution in [0, 0.1) is 20.8 Å². The molecule has 1 aliphatic rings. The zero-order valence-electron chi connectivity index (χ0n) is 17.6. The minimum atomic E-state index is -0.0912. The lowest BCUT2D eigenvalue weighted by Crippen LogP contribution is -2.46. The van der Waals surface area contributed by atoms with Crippen molar-refractivity contribution in [2.24, 2.45) is 0 Å². The number of hydrogen-bond donors (Lipinski definition) is 1. The molecule has 0 unspecified atom stereocenters. The summed E-state index contributed by atoms with van der Waals surface area (Å²) in [5, 5.41) is 3.16. The number of hydrogen-bond acceptors (Lipinski definition) is 3. The van der Waals surface area contributed by atoms with Gasteiger partial charge in [0, 0.05) is 36.2 Å². The standard InChI is InChI=1S/C24H27N3O3/c1-16-7-4-5-8-21(16)27-17(2)15-20(18(27)3)23(28)25-19-10-12-26(13-11-19)24(29)22-9-6-14-30-22/h4-9,14-15,19H,10-13H2,1-3H3,(H,25,28). The van der Waals surface area contributed by atoms with Crippen LogP contribution >= 0.6 is 0 Å². The fourth-order valence-corrected chi connectivity index (χ4v) is 4.22. The molecule has 1 N–H and O–H groups in total. The SMILES string of the molecule is Cc1ccccc1-n1c(C)cc(C(=O)NC2CCN(C(=O)c3ccco3)CC2)c1C. The van der Waals surface area contributed by atoms with Gasteiger partial charge < -0.3 is 19.2 Å². The molecule has 156 valence electrons. The second kappa shape index (κ2) is 8.22. The number of rotatable bonds is 4. The Bertz CT molecular complexity index is 1060. The number of para-hydroxylation sites is 1. The Hall–Kier alpha value is -3.28. The van der Waals surface area contributed by atoms with Crippen LogP contribution in [-0.2, 0) is 0 Å². The highest BCUT2D eigenvalue weighted by molar-refractivity contribution is 5.96. The maximum absolute atomic E-state index is 13.0. The smallest absolute Gasteiger partial charge is 0.289 e. The highest BCUT2D eigenvalue weighted by Gasteiger charge is 2.27. The van der Waals surface area contributed by atoms with Crippen LogP contribution in [0.2, 0.25) is 0 Å². The van der Waals surface area contributed by atoms with Gasteiger partial charge in [0.15, 0.2) is 5.76 Å². The first-order chi connectivity index (χ1) is 14.5. The lowest BCUT2D eigenvalue weighted by atomic mass is 10.0. The van der Waals surface area contributed by atoms with Gasteiger partial charge in [0.1, 0.15) is 0 Å². The molecule has 4 rings (SSSR count). The molecule has 0 radical (unpaired) electrons. The summed E-state index contributed by atoms with van der Waals surface area (Å²) in [5.74, 6) is 0.214. The van der Waals surface area contributed by atoms with E-state index in [1.54, 1.807) is 17.0 Å². The molecule has 0 aliphatic carbocycles. The van der Waals surface area contributed by atoms with Crippen molar-refractivity contribution >= 4 is 11.8 Å². The van der Waals surface area contributed by atoms with E-state index in [2.05, 4.69) is 28.9 Å². The van der Waals surface area contributed by atoms with Gasteiger partial charge in [-0.1, -0.05) is 18.2 Å². The third kappa shape index (κ3) is 3.77. The van der Waals surface area contributed by atoms with Crippen molar-refractivity contribution < 1.29 is 14.0 Å². The first-order valence-electron chi connectivity index (χ1n) is 10.3. The van der Waals surface area contributed by atoms with E-state index < -0.39 is 0 Å². The molecule has 0 spiro atoms. The predicted molar refractivity (Wildman–Crippen MR) is 115 cm³/mol. The van der Waals surface area contributed by atoms with E-state index in [1.165, 1.54) is 11.8 Å². The summed E-state index contributed by atoms with van der Waals surface area (Å²) in [5.41, 5.74) is 4.93.